The normalized spacial score (nSPS) is 11.9. The van der Waals surface area contributed by atoms with E-state index in [1.807, 2.05) is 20.8 Å². The summed E-state index contributed by atoms with van der Waals surface area (Å²) in [6.45, 7) is 5.96. The molecule has 0 atom stereocenters. The number of aromatic nitrogens is 3. The van der Waals surface area contributed by atoms with Gasteiger partial charge in [-0.25, -0.2) is 22.9 Å². The van der Waals surface area contributed by atoms with Crippen LogP contribution >= 0.6 is 0 Å². The minimum atomic E-state index is -3.96. The summed E-state index contributed by atoms with van der Waals surface area (Å²) in [6, 6.07) is 12.7. The monoisotopic (exact) mass is 458 g/mol. The zero-order valence-corrected chi connectivity index (χ0v) is 19.2. The van der Waals surface area contributed by atoms with E-state index < -0.39 is 15.9 Å². The Hall–Kier alpha value is -3.40. The lowest BCUT2D eigenvalue weighted by Gasteiger charge is -2.27. The summed E-state index contributed by atoms with van der Waals surface area (Å²) in [6.07, 6.45) is 0.411. The fraction of sp³-hybridized carbons (Fsp3) is 0.318. The largest absolute Gasteiger partial charge is 0.479 e. The molecule has 2 heterocycles. The molecule has 0 bridgehead atoms. The molecule has 3 rings (SSSR count). The van der Waals surface area contributed by atoms with Gasteiger partial charge in [0.1, 0.15) is 5.69 Å². The first-order valence-electron chi connectivity index (χ1n) is 9.89. The number of nitrogens with zero attached hydrogens (tertiary/aromatic N) is 4. The van der Waals surface area contributed by atoms with Crippen LogP contribution in [-0.2, 0) is 16.4 Å². The molecule has 0 radical (unpaired) electrons. The third-order valence-electron chi connectivity index (χ3n) is 4.52. The molecule has 3 aromatic rings. The Balaban J connectivity index is 2.15. The van der Waals surface area contributed by atoms with E-state index >= 15 is 0 Å². The molecule has 2 aromatic heterocycles. The smallest absolute Gasteiger partial charge is 0.407 e. The quantitative estimate of drug-likeness (QED) is 0.575. The number of ether oxygens (including phenoxy) is 1. The number of hydrogen-bond acceptors (Lipinski definition) is 6. The Morgan fingerprint density at radius 1 is 1.16 bits per heavy atom. The van der Waals surface area contributed by atoms with E-state index in [0.29, 0.717) is 5.69 Å². The molecule has 1 amide bonds. The predicted molar refractivity (Wildman–Crippen MR) is 118 cm³/mol. The molecule has 10 heteroatoms. The van der Waals surface area contributed by atoms with E-state index in [0.717, 1.165) is 0 Å². The van der Waals surface area contributed by atoms with Gasteiger partial charge >= 0.3 is 6.09 Å². The number of pyridine rings is 1. The second-order valence-corrected chi connectivity index (χ2v) is 10.3. The van der Waals surface area contributed by atoms with Crippen LogP contribution in [0.3, 0.4) is 0 Å². The molecule has 1 N–H and O–H groups in total. The van der Waals surface area contributed by atoms with Crippen molar-refractivity contribution in [2.45, 2.75) is 37.2 Å². The molecule has 0 aliphatic carbocycles. The van der Waals surface area contributed by atoms with Crippen molar-refractivity contribution in [1.82, 2.24) is 19.7 Å². The summed E-state index contributed by atoms with van der Waals surface area (Å²) in [7, 11) is -2.53. The van der Waals surface area contributed by atoms with Crippen LogP contribution in [0.4, 0.5) is 4.79 Å². The lowest BCUT2D eigenvalue weighted by Crippen LogP contribution is -2.36. The number of rotatable bonds is 7. The van der Waals surface area contributed by atoms with Crippen LogP contribution in [0.15, 0.2) is 64.6 Å². The van der Waals surface area contributed by atoms with Crippen molar-refractivity contribution < 1.29 is 23.1 Å². The van der Waals surface area contributed by atoms with Gasteiger partial charge in [-0.15, -0.1) is 0 Å². The van der Waals surface area contributed by atoms with E-state index in [9.17, 15) is 18.3 Å². The molecule has 0 saturated heterocycles. The van der Waals surface area contributed by atoms with Gasteiger partial charge in [0.2, 0.25) is 15.7 Å². The van der Waals surface area contributed by atoms with Gasteiger partial charge in [-0.3, -0.25) is 0 Å². The Morgan fingerprint density at radius 3 is 2.44 bits per heavy atom. The van der Waals surface area contributed by atoms with E-state index in [2.05, 4.69) is 10.1 Å². The van der Waals surface area contributed by atoms with Gasteiger partial charge in [-0.05, 0) is 29.7 Å². The van der Waals surface area contributed by atoms with Crippen molar-refractivity contribution in [2.24, 2.45) is 5.41 Å². The van der Waals surface area contributed by atoms with E-state index in [-0.39, 0.29) is 40.0 Å². The molecule has 0 spiro atoms. The second kappa shape index (κ2) is 8.99. The van der Waals surface area contributed by atoms with Gasteiger partial charge in [-0.2, -0.15) is 5.10 Å². The highest BCUT2D eigenvalue weighted by atomic mass is 32.2. The zero-order valence-electron chi connectivity index (χ0n) is 18.4. The summed E-state index contributed by atoms with van der Waals surface area (Å²) in [4.78, 5) is 17.3. The minimum Gasteiger partial charge on any atom is -0.479 e. The fourth-order valence-corrected chi connectivity index (χ4v) is 4.65. The Bertz CT molecular complexity index is 1200. The van der Waals surface area contributed by atoms with Crippen LogP contribution in [-0.4, -0.2) is 52.9 Å². The molecular formula is C22H26N4O5S. The SMILES string of the molecule is COc1ncccc1-n1nc(CN(CC(C)(C)C)C(=O)O)cc1S(=O)(=O)c1ccccc1. The average Bonchev–Trinajstić information content (AvgIpc) is 3.17. The van der Waals surface area contributed by atoms with Crippen LogP contribution in [0.2, 0.25) is 0 Å². The molecular weight excluding hydrogens is 432 g/mol. The lowest BCUT2D eigenvalue weighted by molar-refractivity contribution is 0.122. The van der Waals surface area contributed by atoms with Gasteiger partial charge in [-0.1, -0.05) is 39.0 Å². The first kappa shape index (κ1) is 23.3. The van der Waals surface area contributed by atoms with Crippen LogP contribution in [0, 0.1) is 5.41 Å². The summed E-state index contributed by atoms with van der Waals surface area (Å²) < 4.78 is 33.4. The van der Waals surface area contributed by atoms with Gasteiger partial charge < -0.3 is 14.7 Å². The summed E-state index contributed by atoms with van der Waals surface area (Å²) >= 11 is 0. The molecule has 0 aliphatic heterocycles. The van der Waals surface area contributed by atoms with Crippen molar-refractivity contribution in [3.8, 4) is 11.6 Å². The number of carboxylic acid groups (broad SMARTS) is 1. The Kier molecular flexibility index (Phi) is 6.54. The number of methoxy groups -OCH3 is 1. The minimum absolute atomic E-state index is 0.0699. The summed E-state index contributed by atoms with van der Waals surface area (Å²) in [5.41, 5.74) is 0.331. The average molecular weight is 459 g/mol. The van der Waals surface area contributed by atoms with Crippen molar-refractivity contribution in [1.29, 1.82) is 0 Å². The molecule has 9 nitrogen and oxygen atoms in total. The molecule has 0 fully saturated rings. The van der Waals surface area contributed by atoms with Crippen LogP contribution in [0.25, 0.3) is 5.69 Å². The van der Waals surface area contributed by atoms with E-state index in [1.54, 1.807) is 30.3 Å². The fourth-order valence-electron chi connectivity index (χ4n) is 3.23. The van der Waals surface area contributed by atoms with E-state index in [4.69, 9.17) is 4.74 Å². The summed E-state index contributed by atoms with van der Waals surface area (Å²) in [5.74, 6) is 0.191. The maximum absolute atomic E-state index is 13.4. The number of carbonyl (C=O) groups is 1. The van der Waals surface area contributed by atoms with Crippen LogP contribution in [0.5, 0.6) is 5.88 Å². The third kappa shape index (κ3) is 5.08. The third-order valence-corrected chi connectivity index (χ3v) is 6.25. The second-order valence-electron chi connectivity index (χ2n) is 8.43. The topological polar surface area (TPSA) is 115 Å². The Morgan fingerprint density at radius 2 is 1.84 bits per heavy atom. The van der Waals surface area contributed by atoms with Gasteiger partial charge in [0.25, 0.3) is 0 Å². The maximum atomic E-state index is 13.4. The highest BCUT2D eigenvalue weighted by molar-refractivity contribution is 7.91. The Labute approximate surface area is 187 Å². The molecule has 170 valence electrons. The summed E-state index contributed by atoms with van der Waals surface area (Å²) in [5, 5.41) is 14.0. The maximum Gasteiger partial charge on any atom is 0.407 e. The first-order chi connectivity index (χ1) is 15.0. The first-order valence-corrected chi connectivity index (χ1v) is 11.4. The highest BCUT2D eigenvalue weighted by Crippen LogP contribution is 2.28. The van der Waals surface area contributed by atoms with Gasteiger partial charge in [0.05, 0.1) is 24.2 Å². The number of amides is 1. The molecule has 32 heavy (non-hydrogen) atoms. The molecule has 0 aliphatic rings. The standard InChI is InChI=1S/C22H26N4O5S/c1-22(2,3)15-25(21(27)28)14-16-13-19(32(29,30)17-9-6-5-7-10-17)26(24-16)18-11-8-12-23-20(18)31-4/h5-13H,14-15H2,1-4H3,(H,27,28). The zero-order chi connectivity index (χ0) is 23.5. The van der Waals surface area contributed by atoms with Crippen LogP contribution < -0.4 is 4.74 Å². The van der Waals surface area contributed by atoms with E-state index in [1.165, 1.54) is 41.1 Å². The molecule has 0 saturated carbocycles. The number of hydrogen-bond donors (Lipinski definition) is 1. The van der Waals surface area contributed by atoms with Gasteiger partial charge in [0.15, 0.2) is 5.03 Å². The number of benzene rings is 1. The molecule has 0 unspecified atom stereocenters. The predicted octanol–water partition coefficient (Wildman–Crippen LogP) is 3.63. The lowest BCUT2D eigenvalue weighted by atomic mass is 9.96. The molecule has 1 aromatic carbocycles. The van der Waals surface area contributed by atoms with Crippen molar-refractivity contribution in [3.05, 3.63) is 60.4 Å². The van der Waals surface area contributed by atoms with Crippen molar-refractivity contribution >= 4 is 15.9 Å². The highest BCUT2D eigenvalue weighted by Gasteiger charge is 2.28. The van der Waals surface area contributed by atoms with Crippen LogP contribution in [0.1, 0.15) is 26.5 Å². The number of sulfone groups is 1. The van der Waals surface area contributed by atoms with Crippen molar-refractivity contribution in [2.75, 3.05) is 13.7 Å². The van der Waals surface area contributed by atoms with Gasteiger partial charge in [0, 0.05) is 18.8 Å². The van der Waals surface area contributed by atoms with Crippen molar-refractivity contribution in [3.63, 3.8) is 0 Å².